The molecule has 6 nitrogen and oxygen atoms in total. The van der Waals surface area contributed by atoms with Crippen molar-refractivity contribution in [1.29, 1.82) is 0 Å². The van der Waals surface area contributed by atoms with E-state index >= 15 is 0 Å². The second-order valence-corrected chi connectivity index (χ2v) is 9.14. The number of carboxylic acid groups (broad SMARTS) is 1. The lowest BCUT2D eigenvalue weighted by Crippen LogP contribution is -2.24. The number of carbonyl (C=O) groups is 2. The standard InChI is InChI=1S/C31H30FN3O3/c1-3-24(17-21-7-5-4-6-8-21)33-28-16-11-22(27-19-23(32)12-15-26(27)30(36)37)18-29(28)35-31(38)34-25-13-9-20(2)10-14-25/h4-16,18-19,24,33H,3,17H2,1-2H3,(H,36,37)(H2,34,35,38). The van der Waals surface area contributed by atoms with E-state index in [1.807, 2.05) is 49.4 Å². The lowest BCUT2D eigenvalue weighted by atomic mass is 9.98. The Balaban J connectivity index is 1.67. The van der Waals surface area contributed by atoms with Gasteiger partial charge in [0.1, 0.15) is 5.82 Å². The summed E-state index contributed by atoms with van der Waals surface area (Å²) in [6.07, 6.45) is 1.61. The third kappa shape index (κ3) is 6.76. The summed E-state index contributed by atoms with van der Waals surface area (Å²) in [7, 11) is 0. The van der Waals surface area contributed by atoms with Crippen LogP contribution in [0, 0.1) is 12.7 Å². The highest BCUT2D eigenvalue weighted by atomic mass is 19.1. The third-order valence-corrected chi connectivity index (χ3v) is 6.28. The fourth-order valence-corrected chi connectivity index (χ4v) is 4.22. The van der Waals surface area contributed by atoms with Gasteiger partial charge in [0.15, 0.2) is 0 Å². The molecule has 0 aromatic heterocycles. The second-order valence-electron chi connectivity index (χ2n) is 9.14. The maximum atomic E-state index is 14.1. The summed E-state index contributed by atoms with van der Waals surface area (Å²) < 4.78 is 14.1. The minimum atomic E-state index is -1.16. The lowest BCUT2D eigenvalue weighted by Gasteiger charge is -2.22. The molecule has 1 unspecified atom stereocenters. The lowest BCUT2D eigenvalue weighted by molar-refractivity contribution is 0.0697. The number of aromatic carboxylic acids is 1. The number of anilines is 3. The van der Waals surface area contributed by atoms with Gasteiger partial charge in [0.25, 0.3) is 0 Å². The molecule has 4 aromatic rings. The summed E-state index contributed by atoms with van der Waals surface area (Å²) >= 11 is 0. The molecule has 0 heterocycles. The number of benzene rings is 4. The Morgan fingerprint density at radius 2 is 1.61 bits per heavy atom. The fourth-order valence-electron chi connectivity index (χ4n) is 4.22. The average Bonchev–Trinajstić information content (AvgIpc) is 2.90. The van der Waals surface area contributed by atoms with Gasteiger partial charge in [-0.1, -0.05) is 61.0 Å². The molecule has 7 heteroatoms. The Morgan fingerprint density at radius 1 is 0.868 bits per heavy atom. The van der Waals surface area contributed by atoms with Crippen LogP contribution in [0.4, 0.5) is 26.2 Å². The van der Waals surface area contributed by atoms with E-state index in [2.05, 4.69) is 35.0 Å². The normalized spacial score (nSPS) is 11.4. The molecular weight excluding hydrogens is 481 g/mol. The predicted octanol–water partition coefficient (Wildman–Crippen LogP) is 7.58. The molecule has 0 saturated carbocycles. The molecule has 4 aromatic carbocycles. The molecule has 0 aliphatic rings. The number of aryl methyl sites for hydroxylation is 1. The highest BCUT2D eigenvalue weighted by Crippen LogP contribution is 2.33. The molecule has 4 N–H and O–H groups in total. The molecule has 0 saturated heterocycles. The Labute approximate surface area is 221 Å². The molecule has 2 amide bonds. The van der Waals surface area contributed by atoms with Gasteiger partial charge in [-0.15, -0.1) is 0 Å². The zero-order valence-electron chi connectivity index (χ0n) is 21.3. The van der Waals surface area contributed by atoms with E-state index in [1.165, 1.54) is 17.7 Å². The van der Waals surface area contributed by atoms with Crippen molar-refractivity contribution in [1.82, 2.24) is 0 Å². The molecule has 1 atom stereocenters. The van der Waals surface area contributed by atoms with Crippen LogP contribution < -0.4 is 16.0 Å². The van der Waals surface area contributed by atoms with Crippen LogP contribution in [-0.4, -0.2) is 23.1 Å². The monoisotopic (exact) mass is 511 g/mol. The largest absolute Gasteiger partial charge is 0.478 e. The Kier molecular flexibility index (Phi) is 8.38. The summed E-state index contributed by atoms with van der Waals surface area (Å²) in [5, 5.41) is 18.9. The van der Waals surface area contributed by atoms with Gasteiger partial charge in [0.2, 0.25) is 0 Å². The zero-order valence-corrected chi connectivity index (χ0v) is 21.3. The van der Waals surface area contributed by atoms with Gasteiger partial charge in [-0.2, -0.15) is 0 Å². The number of urea groups is 1. The van der Waals surface area contributed by atoms with Crippen molar-refractivity contribution in [3.63, 3.8) is 0 Å². The van der Waals surface area contributed by atoms with E-state index in [1.54, 1.807) is 18.2 Å². The van der Waals surface area contributed by atoms with Gasteiger partial charge < -0.3 is 21.1 Å². The maximum absolute atomic E-state index is 14.1. The number of hydrogen-bond donors (Lipinski definition) is 4. The van der Waals surface area contributed by atoms with Crippen LogP contribution in [0.2, 0.25) is 0 Å². The van der Waals surface area contributed by atoms with Gasteiger partial charge in [-0.05, 0) is 78.9 Å². The Morgan fingerprint density at radius 3 is 2.29 bits per heavy atom. The number of nitrogens with one attached hydrogen (secondary N) is 3. The van der Waals surface area contributed by atoms with Crippen LogP contribution in [0.15, 0.2) is 91.0 Å². The Bertz CT molecular complexity index is 1420. The van der Waals surface area contributed by atoms with E-state index in [0.717, 1.165) is 24.5 Å². The topological polar surface area (TPSA) is 90.5 Å². The minimum absolute atomic E-state index is 0.0299. The van der Waals surface area contributed by atoms with Crippen molar-refractivity contribution in [2.75, 3.05) is 16.0 Å². The molecule has 0 aliphatic heterocycles. The summed E-state index contributed by atoms with van der Waals surface area (Å²) in [4.78, 5) is 24.7. The van der Waals surface area contributed by atoms with Crippen LogP contribution >= 0.6 is 0 Å². The first-order valence-electron chi connectivity index (χ1n) is 12.4. The summed E-state index contributed by atoms with van der Waals surface area (Å²) in [5.41, 5.74) is 4.66. The van der Waals surface area contributed by atoms with Gasteiger partial charge in [-0.3, -0.25) is 0 Å². The quantitative estimate of drug-likeness (QED) is 0.186. The van der Waals surface area contributed by atoms with Crippen molar-refractivity contribution < 1.29 is 19.1 Å². The number of carboxylic acids is 1. The summed E-state index contributed by atoms with van der Waals surface area (Å²) in [5.74, 6) is -1.71. The maximum Gasteiger partial charge on any atom is 0.336 e. The fraction of sp³-hybridized carbons (Fsp3) is 0.161. The van der Waals surface area contributed by atoms with Gasteiger partial charge in [0.05, 0.1) is 16.9 Å². The number of rotatable bonds is 9. The van der Waals surface area contributed by atoms with E-state index in [4.69, 9.17) is 0 Å². The number of carbonyl (C=O) groups excluding carboxylic acids is 1. The highest BCUT2D eigenvalue weighted by molar-refractivity contribution is 6.03. The molecule has 0 aliphatic carbocycles. The van der Waals surface area contributed by atoms with Crippen LogP contribution in [0.25, 0.3) is 11.1 Å². The zero-order chi connectivity index (χ0) is 27.1. The molecule has 194 valence electrons. The SMILES string of the molecule is CCC(Cc1ccccc1)Nc1ccc(-c2cc(F)ccc2C(=O)O)cc1NC(=O)Nc1ccc(C)cc1. The van der Waals surface area contributed by atoms with E-state index < -0.39 is 17.8 Å². The molecule has 0 spiro atoms. The van der Waals surface area contributed by atoms with E-state index in [-0.39, 0.29) is 17.2 Å². The van der Waals surface area contributed by atoms with Gasteiger partial charge in [0, 0.05) is 11.7 Å². The molecule has 0 bridgehead atoms. The van der Waals surface area contributed by atoms with Crippen molar-refractivity contribution >= 4 is 29.1 Å². The van der Waals surface area contributed by atoms with Crippen molar-refractivity contribution in [2.24, 2.45) is 0 Å². The highest BCUT2D eigenvalue weighted by Gasteiger charge is 2.17. The average molecular weight is 512 g/mol. The van der Waals surface area contributed by atoms with Gasteiger partial charge >= 0.3 is 12.0 Å². The van der Waals surface area contributed by atoms with Crippen LogP contribution in [0.5, 0.6) is 0 Å². The number of amides is 2. The van der Waals surface area contributed by atoms with Crippen LogP contribution in [0.1, 0.15) is 34.8 Å². The second kappa shape index (κ2) is 12.1. The first-order valence-corrected chi connectivity index (χ1v) is 12.4. The van der Waals surface area contributed by atoms with Crippen molar-refractivity contribution in [2.45, 2.75) is 32.7 Å². The molecule has 0 fully saturated rings. The molecular formula is C31H30FN3O3. The first-order chi connectivity index (χ1) is 18.3. The number of hydrogen-bond acceptors (Lipinski definition) is 3. The minimum Gasteiger partial charge on any atom is -0.478 e. The van der Waals surface area contributed by atoms with Crippen LogP contribution in [-0.2, 0) is 6.42 Å². The predicted molar refractivity (Wildman–Crippen MR) is 150 cm³/mol. The smallest absolute Gasteiger partial charge is 0.336 e. The number of halogens is 1. The summed E-state index contributed by atoms with van der Waals surface area (Å²) in [6, 6.07) is 25.9. The molecule has 4 rings (SSSR count). The van der Waals surface area contributed by atoms with Crippen molar-refractivity contribution in [3.05, 3.63) is 114 Å². The third-order valence-electron chi connectivity index (χ3n) is 6.28. The van der Waals surface area contributed by atoms with Gasteiger partial charge in [-0.25, -0.2) is 14.0 Å². The molecule has 0 radical (unpaired) electrons. The van der Waals surface area contributed by atoms with E-state index in [0.29, 0.717) is 22.6 Å². The Hall–Kier alpha value is -4.65. The van der Waals surface area contributed by atoms with Crippen molar-refractivity contribution in [3.8, 4) is 11.1 Å². The first kappa shape index (κ1) is 26.4. The summed E-state index contributed by atoms with van der Waals surface area (Å²) in [6.45, 7) is 4.04. The van der Waals surface area contributed by atoms with Crippen LogP contribution in [0.3, 0.4) is 0 Å². The van der Waals surface area contributed by atoms with E-state index in [9.17, 15) is 19.1 Å². The molecule has 38 heavy (non-hydrogen) atoms.